The van der Waals surface area contributed by atoms with Crippen LogP contribution in [-0.2, 0) is 16.1 Å². The first kappa shape index (κ1) is 27.3. The Labute approximate surface area is 225 Å². The lowest BCUT2D eigenvalue weighted by molar-refractivity contribution is -0.145. The molecule has 0 amide bonds. The molecule has 0 aromatic heterocycles. The van der Waals surface area contributed by atoms with Gasteiger partial charge in [-0.3, -0.25) is 0 Å². The molecular weight excluding hydrogens is 504 g/mol. The topological polar surface area (TPSA) is 77.3 Å². The molecule has 6 nitrogen and oxygen atoms in total. The van der Waals surface area contributed by atoms with Crippen LogP contribution in [0.4, 0.5) is 8.78 Å². The van der Waals surface area contributed by atoms with Crippen molar-refractivity contribution in [3.8, 4) is 22.6 Å². The van der Waals surface area contributed by atoms with Crippen molar-refractivity contribution in [2.75, 3.05) is 13.2 Å². The molecule has 8 heteroatoms. The number of nitrogens with zero attached hydrogens (tertiary/aromatic N) is 1. The standard InChI is InChI=1S/C31H27F2NO5/c1-21(23-4-6-24(7-5-23)25-8-10-26(32)11-9-25)34-38-19-18-37-28-14-2-22(3-15-28)20-30(31(35)36)39-29-16-12-27(33)13-17-29/h2-17,30H,18-20H2,1H3,(H,35,36). The zero-order chi connectivity index (χ0) is 27.6. The summed E-state index contributed by atoms with van der Waals surface area (Å²) in [4.78, 5) is 17.0. The lowest BCUT2D eigenvalue weighted by Crippen LogP contribution is -2.29. The maximum Gasteiger partial charge on any atom is 0.345 e. The van der Waals surface area contributed by atoms with Crippen LogP contribution in [0, 0.1) is 11.6 Å². The third-order valence-electron chi connectivity index (χ3n) is 5.84. The third kappa shape index (κ3) is 8.13. The van der Waals surface area contributed by atoms with E-state index < -0.39 is 17.9 Å². The van der Waals surface area contributed by atoms with E-state index in [-0.39, 0.29) is 31.2 Å². The Morgan fingerprint density at radius 3 is 1.90 bits per heavy atom. The fourth-order valence-electron chi connectivity index (χ4n) is 3.73. The van der Waals surface area contributed by atoms with Gasteiger partial charge < -0.3 is 19.4 Å². The first-order chi connectivity index (χ1) is 18.9. The van der Waals surface area contributed by atoms with E-state index in [1.54, 1.807) is 36.4 Å². The SMILES string of the molecule is CC(=NOCCOc1ccc(CC(Oc2ccc(F)cc2)C(=O)O)cc1)c1ccc(-c2ccc(F)cc2)cc1. The highest BCUT2D eigenvalue weighted by Crippen LogP contribution is 2.21. The monoisotopic (exact) mass is 531 g/mol. The molecule has 0 aliphatic heterocycles. The van der Waals surface area contributed by atoms with E-state index >= 15 is 0 Å². The molecule has 1 N–H and O–H groups in total. The molecule has 4 aromatic carbocycles. The van der Waals surface area contributed by atoms with Crippen LogP contribution in [0.3, 0.4) is 0 Å². The number of oxime groups is 1. The summed E-state index contributed by atoms with van der Waals surface area (Å²) in [6, 6.07) is 26.3. The number of hydrogen-bond donors (Lipinski definition) is 1. The van der Waals surface area contributed by atoms with Gasteiger partial charge in [0.05, 0.1) is 5.71 Å². The third-order valence-corrected chi connectivity index (χ3v) is 5.84. The van der Waals surface area contributed by atoms with Gasteiger partial charge in [0.25, 0.3) is 0 Å². The van der Waals surface area contributed by atoms with Gasteiger partial charge in [0.2, 0.25) is 0 Å². The van der Waals surface area contributed by atoms with Crippen molar-refractivity contribution < 1.29 is 33.0 Å². The van der Waals surface area contributed by atoms with Gasteiger partial charge in [0.1, 0.15) is 29.7 Å². The van der Waals surface area contributed by atoms with E-state index in [0.717, 1.165) is 22.3 Å². The fourth-order valence-corrected chi connectivity index (χ4v) is 3.73. The predicted octanol–water partition coefficient (Wildman–Crippen LogP) is 6.53. The summed E-state index contributed by atoms with van der Waals surface area (Å²) in [5.41, 5.74) is 4.27. The lowest BCUT2D eigenvalue weighted by atomic mass is 10.0. The van der Waals surface area contributed by atoms with Crippen LogP contribution < -0.4 is 9.47 Å². The van der Waals surface area contributed by atoms with Gasteiger partial charge in [-0.2, -0.15) is 0 Å². The Bertz CT molecular complexity index is 1390. The average Bonchev–Trinajstić information content (AvgIpc) is 2.95. The van der Waals surface area contributed by atoms with Gasteiger partial charge in [-0.05, 0) is 77.7 Å². The second kappa shape index (κ2) is 13.2. The summed E-state index contributed by atoms with van der Waals surface area (Å²) in [6.07, 6.45) is -0.981. The smallest absolute Gasteiger partial charge is 0.345 e. The molecule has 0 radical (unpaired) electrons. The van der Waals surface area contributed by atoms with Crippen molar-refractivity contribution in [1.82, 2.24) is 0 Å². The van der Waals surface area contributed by atoms with Crippen LogP contribution in [0.15, 0.2) is 102 Å². The molecule has 0 aliphatic carbocycles. The van der Waals surface area contributed by atoms with Crippen LogP contribution in [0.2, 0.25) is 0 Å². The minimum atomic E-state index is -1.11. The Hall–Kier alpha value is -4.72. The molecule has 1 unspecified atom stereocenters. The molecule has 0 heterocycles. The van der Waals surface area contributed by atoms with E-state index in [9.17, 15) is 18.7 Å². The molecule has 39 heavy (non-hydrogen) atoms. The van der Waals surface area contributed by atoms with Crippen molar-refractivity contribution in [2.24, 2.45) is 5.16 Å². The summed E-state index contributed by atoms with van der Waals surface area (Å²) >= 11 is 0. The number of aliphatic carboxylic acids is 1. The highest BCUT2D eigenvalue weighted by atomic mass is 19.1. The molecule has 200 valence electrons. The van der Waals surface area contributed by atoms with Crippen molar-refractivity contribution in [2.45, 2.75) is 19.4 Å². The van der Waals surface area contributed by atoms with Crippen molar-refractivity contribution in [3.05, 3.63) is 120 Å². The Morgan fingerprint density at radius 1 is 0.769 bits per heavy atom. The molecule has 1 atom stereocenters. The minimum absolute atomic E-state index is 0.134. The van der Waals surface area contributed by atoms with Crippen molar-refractivity contribution in [1.29, 1.82) is 0 Å². The van der Waals surface area contributed by atoms with Gasteiger partial charge in [-0.1, -0.05) is 53.7 Å². The van der Waals surface area contributed by atoms with Crippen molar-refractivity contribution >= 4 is 11.7 Å². The van der Waals surface area contributed by atoms with Crippen molar-refractivity contribution in [3.63, 3.8) is 0 Å². The highest BCUT2D eigenvalue weighted by molar-refractivity contribution is 5.98. The zero-order valence-electron chi connectivity index (χ0n) is 21.2. The summed E-state index contributed by atoms with van der Waals surface area (Å²) in [5.74, 6) is -0.923. The number of carboxylic acid groups (broad SMARTS) is 1. The Kier molecular flexibility index (Phi) is 9.24. The van der Waals surface area contributed by atoms with Crippen LogP contribution in [-0.4, -0.2) is 36.1 Å². The number of carbonyl (C=O) groups is 1. The van der Waals surface area contributed by atoms with E-state index in [1.165, 1.54) is 36.4 Å². The maximum absolute atomic E-state index is 13.1. The minimum Gasteiger partial charge on any atom is -0.490 e. The van der Waals surface area contributed by atoms with Gasteiger partial charge in [-0.25, -0.2) is 13.6 Å². The largest absolute Gasteiger partial charge is 0.490 e. The molecule has 0 bridgehead atoms. The molecule has 0 aliphatic rings. The number of ether oxygens (including phenoxy) is 2. The Balaban J connectivity index is 1.22. The molecule has 0 saturated heterocycles. The van der Waals surface area contributed by atoms with Crippen LogP contribution in [0.25, 0.3) is 11.1 Å². The highest BCUT2D eigenvalue weighted by Gasteiger charge is 2.20. The summed E-state index contributed by atoms with van der Waals surface area (Å²) in [5, 5.41) is 13.6. The average molecular weight is 532 g/mol. The predicted molar refractivity (Wildman–Crippen MR) is 144 cm³/mol. The van der Waals surface area contributed by atoms with E-state index in [2.05, 4.69) is 5.16 Å². The van der Waals surface area contributed by atoms with Gasteiger partial charge >= 0.3 is 5.97 Å². The first-order valence-corrected chi connectivity index (χ1v) is 12.3. The summed E-state index contributed by atoms with van der Waals surface area (Å²) < 4.78 is 37.4. The van der Waals surface area contributed by atoms with Gasteiger partial charge in [0, 0.05) is 6.42 Å². The molecule has 0 spiro atoms. The first-order valence-electron chi connectivity index (χ1n) is 12.3. The van der Waals surface area contributed by atoms with E-state index in [4.69, 9.17) is 14.3 Å². The summed E-state index contributed by atoms with van der Waals surface area (Å²) in [6.45, 7) is 2.35. The number of hydrogen-bond acceptors (Lipinski definition) is 5. The Morgan fingerprint density at radius 2 is 1.31 bits per heavy atom. The fraction of sp³-hybridized carbons (Fsp3) is 0.161. The molecule has 0 fully saturated rings. The number of halogens is 2. The van der Waals surface area contributed by atoms with Crippen LogP contribution in [0.5, 0.6) is 11.5 Å². The van der Waals surface area contributed by atoms with E-state index in [0.29, 0.717) is 11.5 Å². The van der Waals surface area contributed by atoms with Crippen LogP contribution in [0.1, 0.15) is 18.1 Å². The molecule has 4 rings (SSSR count). The second-order valence-electron chi connectivity index (χ2n) is 8.69. The zero-order valence-corrected chi connectivity index (χ0v) is 21.2. The number of carboxylic acids is 1. The molecule has 0 saturated carbocycles. The normalized spacial score (nSPS) is 12.0. The van der Waals surface area contributed by atoms with Gasteiger partial charge in [0.15, 0.2) is 12.7 Å². The lowest BCUT2D eigenvalue weighted by Gasteiger charge is -2.15. The van der Waals surface area contributed by atoms with E-state index in [1.807, 2.05) is 31.2 Å². The quantitative estimate of drug-likeness (QED) is 0.128. The maximum atomic E-state index is 13.1. The number of benzene rings is 4. The molecule has 4 aromatic rings. The molecular formula is C31H27F2NO5. The number of rotatable bonds is 12. The second-order valence-corrected chi connectivity index (χ2v) is 8.69. The summed E-state index contributed by atoms with van der Waals surface area (Å²) in [7, 11) is 0. The van der Waals surface area contributed by atoms with Crippen LogP contribution >= 0.6 is 0 Å². The van der Waals surface area contributed by atoms with Gasteiger partial charge in [-0.15, -0.1) is 0 Å².